The van der Waals surface area contributed by atoms with Crippen LogP contribution < -0.4 is 59.1 Å². The van der Waals surface area contributed by atoms with Crippen molar-refractivity contribution in [3.63, 3.8) is 0 Å². The molecule has 0 aliphatic heterocycles. The fourth-order valence-electron chi connectivity index (χ4n) is 0. The molecule has 0 aromatic heterocycles. The average Bonchev–Trinajstić information content (AvgIpc) is 2.76. The summed E-state index contributed by atoms with van der Waals surface area (Å²) >= 11 is -2.61. The fraction of sp³-hybridized carbons (Fsp3) is 0. The van der Waals surface area contributed by atoms with Gasteiger partial charge in [-0.3, -0.25) is 9.11 Å². The number of carbonyl (C=O) groups is 10. The monoisotopic (exact) mass is 445 g/mol. The van der Waals surface area contributed by atoms with Crippen molar-refractivity contribution in [1.29, 1.82) is 0 Å². The molecular formula is C10H25NNa2O13S. The molecule has 0 bridgehead atoms. The number of rotatable bonds is 0. The maximum Gasteiger partial charge on any atom is 1.00 e. The van der Waals surface area contributed by atoms with Crippen molar-refractivity contribution >= 4 is 79.3 Å². The van der Waals surface area contributed by atoms with Crippen LogP contribution in [0.1, 0.15) is 1.43 Å². The molecule has 4 N–H and O–H groups in total. The summed E-state index contributed by atoms with van der Waals surface area (Å²) in [4.78, 5) is 80.0. The van der Waals surface area contributed by atoms with Crippen molar-refractivity contribution in [3.05, 3.63) is 6.15 Å². The summed E-state index contributed by atoms with van der Waals surface area (Å²) in [5.41, 5.74) is 0. The van der Waals surface area contributed by atoms with Gasteiger partial charge in [-0.25, -0.2) is 0 Å². The predicted octanol–water partition coefficient (Wildman–Crippen LogP) is -7.33. The fourth-order valence-corrected chi connectivity index (χ4v) is 0. The van der Waals surface area contributed by atoms with Crippen molar-refractivity contribution in [1.82, 2.24) is 0 Å². The van der Waals surface area contributed by atoms with Crippen LogP contribution in [0, 0.1) is 0 Å². The molecule has 0 spiro atoms. The van der Waals surface area contributed by atoms with Gasteiger partial charge in [0.25, 0.3) is 11.4 Å². The number of nitrogens with two attached hydrogens (primary N) is 1. The van der Waals surface area contributed by atoms with E-state index in [2.05, 4.69) is 0 Å². The molecule has 0 aromatic rings. The van der Waals surface area contributed by atoms with Crippen LogP contribution in [0.25, 0.3) is 6.15 Å². The Kier molecular flexibility index (Phi) is 19700. The first-order valence-electron chi connectivity index (χ1n) is 3.42. The van der Waals surface area contributed by atoms with Gasteiger partial charge in [0.15, 0.2) is 0 Å². The second-order valence-corrected chi connectivity index (χ2v) is 0.692. The molecule has 0 radical (unpaired) electrons. The van der Waals surface area contributed by atoms with Crippen LogP contribution in [0.2, 0.25) is 0 Å². The summed E-state index contributed by atoms with van der Waals surface area (Å²) in [5, 5.41) is 0. The first kappa shape index (κ1) is 114. The van der Waals surface area contributed by atoms with E-state index in [-0.39, 0.29) is 66.7 Å². The normalized spacial score (nSPS) is 2.78. The van der Waals surface area contributed by atoms with Gasteiger partial charge in [0, 0.05) is 0 Å². The molecule has 14 nitrogen and oxygen atoms in total. The minimum Gasteiger partial charge on any atom is -1.00 e. The molecule has 0 saturated carbocycles. The largest absolute Gasteiger partial charge is 1.00 e. The van der Waals surface area contributed by atoms with E-state index in [1.165, 1.54) is 0 Å². The molecule has 0 fully saturated rings. The topological polar surface area (TPSA) is 262 Å². The quantitative estimate of drug-likeness (QED) is 0.259. The van der Waals surface area contributed by atoms with E-state index >= 15 is 0 Å². The maximum atomic E-state index is 8.67. The van der Waals surface area contributed by atoms with Crippen LogP contribution in [0.5, 0.6) is 0 Å². The Morgan fingerprint density at radius 1 is 0.407 bits per heavy atom. The Labute approximate surface area is 206 Å². The number of carbonyl (C=O) groups excluding carboxylic acids is 10. The molecule has 0 saturated heterocycles. The summed E-state index contributed by atoms with van der Waals surface area (Å²) < 4.78 is 22.8. The molecule has 0 aromatic carbocycles. The Morgan fingerprint density at radius 2 is 0.407 bits per heavy atom. The Balaban J connectivity index is -0.00000000510. The molecule has 156 valence electrons. The zero-order chi connectivity index (χ0) is 23.6. The molecule has 27 heavy (non-hydrogen) atoms. The van der Waals surface area contributed by atoms with E-state index in [0.717, 1.165) is 0 Å². The van der Waals surface area contributed by atoms with Gasteiger partial charge in [-0.15, -0.1) is 0 Å². The van der Waals surface area contributed by atoms with E-state index in [1.807, 2.05) is 67.9 Å². The van der Waals surface area contributed by atoms with E-state index < -0.39 is 11.4 Å². The summed E-state index contributed by atoms with van der Waals surface area (Å²) in [6.45, 7) is 20.0. The van der Waals surface area contributed by atoms with E-state index in [9.17, 15) is 0 Å². The summed E-state index contributed by atoms with van der Waals surface area (Å²) in [7, 11) is 0. The number of hydrogen-bond acceptors (Lipinski definition) is 11. The van der Waals surface area contributed by atoms with Crippen LogP contribution >= 0.6 is 0 Å². The van der Waals surface area contributed by atoms with Gasteiger partial charge in [-0.05, 0) is 0 Å². The summed E-state index contributed by atoms with van der Waals surface area (Å²) in [5.74, 6) is 0. The van der Waals surface area contributed by atoms with Gasteiger partial charge < -0.3 is 55.5 Å². The SMILES string of the molecule is C=O.C=O.C=O.C=O.C=O.C=O.C=O.C=O.C=O.C=O.O=S(O)O.[H-].[NH2-].[Na+].[Na+]. The average molecular weight is 445 g/mol. The first-order valence-corrected chi connectivity index (χ1v) is 4.48. The van der Waals surface area contributed by atoms with Crippen LogP contribution in [-0.2, 0) is 59.3 Å². The minimum absolute atomic E-state index is 0. The van der Waals surface area contributed by atoms with Gasteiger partial charge in [-0.2, -0.15) is 4.21 Å². The molecule has 0 rings (SSSR count). The zero-order valence-electron chi connectivity index (χ0n) is 16.4. The van der Waals surface area contributed by atoms with Gasteiger partial charge in [0.1, 0.15) is 67.9 Å². The molecule has 0 unspecified atom stereocenters. The second kappa shape index (κ2) is 4650. The van der Waals surface area contributed by atoms with E-state index in [1.54, 1.807) is 0 Å². The second-order valence-electron chi connectivity index (χ2n) is 0.231. The predicted molar refractivity (Wildman–Crippen MR) is 91.0 cm³/mol. The molecule has 0 amide bonds. The summed E-state index contributed by atoms with van der Waals surface area (Å²) in [6.07, 6.45) is 0. The van der Waals surface area contributed by atoms with Crippen LogP contribution in [-0.4, -0.2) is 81.2 Å². The van der Waals surface area contributed by atoms with Gasteiger partial charge >= 0.3 is 59.1 Å². The molecular weight excluding hydrogens is 420 g/mol. The van der Waals surface area contributed by atoms with E-state index in [4.69, 9.17) is 61.3 Å². The summed E-state index contributed by atoms with van der Waals surface area (Å²) in [6, 6.07) is 0. The standard InChI is InChI=1S/10CH2O.H2N.2Na.H2O3S.H/c10*1-2;;;;1-4(2)3;/h10*1H2;1H2;;;(H2,1,2,3);/q;;;;;;;;;;-1;2*+1;;-1. The van der Waals surface area contributed by atoms with Crippen LogP contribution in [0.15, 0.2) is 0 Å². The first-order chi connectivity index (χ1) is 11.7. The van der Waals surface area contributed by atoms with Crippen LogP contribution in [0.3, 0.4) is 0 Å². The Bertz CT molecular complexity index is 138. The van der Waals surface area contributed by atoms with E-state index in [0.29, 0.717) is 0 Å². The smallest absolute Gasteiger partial charge is 1.00 e. The molecule has 17 heteroatoms. The van der Waals surface area contributed by atoms with Gasteiger partial charge in [0.05, 0.1) is 0 Å². The molecule has 0 aliphatic rings. The van der Waals surface area contributed by atoms with Crippen LogP contribution in [0.4, 0.5) is 0 Å². The third-order valence-electron chi connectivity index (χ3n) is 0. The van der Waals surface area contributed by atoms with Crippen molar-refractivity contribution in [2.45, 2.75) is 0 Å². The van der Waals surface area contributed by atoms with Crippen molar-refractivity contribution in [3.8, 4) is 0 Å². The number of hydrogen-bond donors (Lipinski definition) is 2. The van der Waals surface area contributed by atoms with Crippen molar-refractivity contribution in [2.75, 3.05) is 0 Å². The Hall–Kier alpha value is -1.27. The maximum absolute atomic E-state index is 8.67. The minimum atomic E-state index is -2.61. The zero-order valence-corrected chi connectivity index (χ0v) is 20.3. The third-order valence-corrected chi connectivity index (χ3v) is 0. The van der Waals surface area contributed by atoms with Gasteiger partial charge in [0.2, 0.25) is 0 Å². The molecule has 0 atom stereocenters. The van der Waals surface area contributed by atoms with Gasteiger partial charge in [-0.1, -0.05) is 0 Å². The van der Waals surface area contributed by atoms with Crippen molar-refractivity contribution in [2.24, 2.45) is 0 Å². The molecule has 0 heterocycles. The van der Waals surface area contributed by atoms with Crippen molar-refractivity contribution < 1.29 is 122 Å². The third kappa shape index (κ3) is 7920. The Morgan fingerprint density at radius 3 is 0.407 bits per heavy atom. The molecule has 0 aliphatic carbocycles.